The van der Waals surface area contributed by atoms with Crippen molar-refractivity contribution in [2.24, 2.45) is 0 Å². The Morgan fingerprint density at radius 3 is 2.25 bits per heavy atom. The third kappa shape index (κ3) is 2.49. The molecule has 0 fully saturated rings. The Labute approximate surface area is 97.9 Å². The molecule has 0 saturated heterocycles. The maximum atomic E-state index is 12.0. The van der Waals surface area contributed by atoms with Crippen LogP contribution in [0, 0.1) is 6.92 Å². The predicted octanol–water partition coefficient (Wildman–Crippen LogP) is 3.13. The molecule has 0 aliphatic rings. The van der Waals surface area contributed by atoms with E-state index in [-0.39, 0.29) is 0 Å². The summed E-state index contributed by atoms with van der Waals surface area (Å²) in [7, 11) is -1.19. The molecule has 2 aromatic carbocycles. The van der Waals surface area contributed by atoms with Gasteiger partial charge in [0.05, 0.1) is 4.90 Å². The number of hydrogen-bond donors (Lipinski definition) is 1. The van der Waals surface area contributed by atoms with Gasteiger partial charge in [-0.05, 0) is 30.7 Å². The Kier molecular flexibility index (Phi) is 3.37. The van der Waals surface area contributed by atoms with Gasteiger partial charge in [-0.3, -0.25) is 0 Å². The molecule has 2 nitrogen and oxygen atoms in total. The number of para-hydroxylation sites is 1. The number of benzene rings is 2. The molecule has 1 N–H and O–H groups in total. The van der Waals surface area contributed by atoms with E-state index in [1.165, 1.54) is 0 Å². The van der Waals surface area contributed by atoms with Gasteiger partial charge in [0.1, 0.15) is 11.0 Å². The van der Waals surface area contributed by atoms with Crippen molar-refractivity contribution in [2.75, 3.05) is 4.72 Å². The lowest BCUT2D eigenvalue weighted by Crippen LogP contribution is -2.05. The molecule has 0 bridgehead atoms. The Hall–Kier alpha value is -1.61. The highest BCUT2D eigenvalue weighted by Gasteiger charge is 2.04. The molecule has 2 rings (SSSR count). The zero-order chi connectivity index (χ0) is 11.4. The van der Waals surface area contributed by atoms with Crippen LogP contribution in [0.4, 0.5) is 5.69 Å². The highest BCUT2D eigenvalue weighted by molar-refractivity contribution is 7.86. The monoisotopic (exact) mass is 231 g/mol. The van der Waals surface area contributed by atoms with Gasteiger partial charge in [0, 0.05) is 5.69 Å². The van der Waals surface area contributed by atoms with Crippen molar-refractivity contribution >= 4 is 16.7 Å². The van der Waals surface area contributed by atoms with E-state index in [9.17, 15) is 4.21 Å². The molecule has 16 heavy (non-hydrogen) atoms. The summed E-state index contributed by atoms with van der Waals surface area (Å²) < 4.78 is 15.0. The van der Waals surface area contributed by atoms with E-state index in [1.54, 1.807) is 0 Å². The Balaban J connectivity index is 2.18. The van der Waals surface area contributed by atoms with E-state index in [0.29, 0.717) is 0 Å². The number of nitrogens with one attached hydrogen (secondary N) is 1. The van der Waals surface area contributed by atoms with Crippen LogP contribution in [-0.2, 0) is 11.0 Å². The highest BCUT2D eigenvalue weighted by atomic mass is 32.2. The lowest BCUT2D eigenvalue weighted by Gasteiger charge is -2.08. The summed E-state index contributed by atoms with van der Waals surface area (Å²) in [6.07, 6.45) is 0. The Morgan fingerprint density at radius 2 is 1.56 bits per heavy atom. The van der Waals surface area contributed by atoms with Crippen LogP contribution in [0.25, 0.3) is 0 Å². The fourth-order valence-electron chi connectivity index (χ4n) is 1.39. The van der Waals surface area contributed by atoms with E-state index < -0.39 is 11.0 Å². The molecule has 82 valence electrons. The number of anilines is 1. The van der Waals surface area contributed by atoms with E-state index in [4.69, 9.17) is 0 Å². The van der Waals surface area contributed by atoms with E-state index in [2.05, 4.69) is 4.72 Å². The maximum Gasteiger partial charge on any atom is 0.150 e. The SMILES string of the molecule is Cc1ccccc1N[S@](=O)c1ccccc1. The summed E-state index contributed by atoms with van der Waals surface area (Å²) in [6.45, 7) is 1.99. The molecule has 0 amide bonds. The maximum absolute atomic E-state index is 12.0. The van der Waals surface area contributed by atoms with Crippen LogP contribution < -0.4 is 4.72 Å². The lowest BCUT2D eigenvalue weighted by atomic mass is 10.2. The van der Waals surface area contributed by atoms with Crippen molar-refractivity contribution in [1.82, 2.24) is 0 Å². The summed E-state index contributed by atoms with van der Waals surface area (Å²) in [4.78, 5) is 0.783. The van der Waals surface area contributed by atoms with E-state index in [1.807, 2.05) is 61.5 Å². The normalized spacial score (nSPS) is 12.1. The summed E-state index contributed by atoms with van der Waals surface area (Å²) in [5, 5.41) is 0. The van der Waals surface area contributed by atoms with Gasteiger partial charge in [0.25, 0.3) is 0 Å². The minimum absolute atomic E-state index is 0.783. The van der Waals surface area contributed by atoms with Crippen LogP contribution in [0.2, 0.25) is 0 Å². The van der Waals surface area contributed by atoms with Crippen molar-refractivity contribution in [3.8, 4) is 0 Å². The second kappa shape index (κ2) is 4.94. The van der Waals surface area contributed by atoms with Crippen LogP contribution >= 0.6 is 0 Å². The summed E-state index contributed by atoms with van der Waals surface area (Å²) in [5.41, 5.74) is 2.00. The largest absolute Gasteiger partial charge is 0.301 e. The minimum Gasteiger partial charge on any atom is -0.301 e. The first-order valence-electron chi connectivity index (χ1n) is 5.06. The molecular weight excluding hydrogens is 218 g/mol. The number of hydrogen-bond acceptors (Lipinski definition) is 1. The molecule has 0 aromatic heterocycles. The van der Waals surface area contributed by atoms with Gasteiger partial charge in [0.15, 0.2) is 0 Å². The standard InChI is InChI=1S/C13H13NOS/c1-11-7-5-6-10-13(11)14-16(15)12-8-3-2-4-9-12/h2-10,14H,1H3/t16-/m1/s1. The van der Waals surface area contributed by atoms with Gasteiger partial charge in [-0.1, -0.05) is 36.4 Å². The van der Waals surface area contributed by atoms with Crippen LogP contribution in [0.15, 0.2) is 59.5 Å². The van der Waals surface area contributed by atoms with Crippen molar-refractivity contribution in [2.45, 2.75) is 11.8 Å². The molecule has 0 aliphatic heterocycles. The molecule has 0 unspecified atom stereocenters. The van der Waals surface area contributed by atoms with Gasteiger partial charge < -0.3 is 4.72 Å². The molecule has 1 atom stereocenters. The highest BCUT2D eigenvalue weighted by Crippen LogP contribution is 2.16. The molecular formula is C13H13NOS. The number of rotatable bonds is 3. The lowest BCUT2D eigenvalue weighted by molar-refractivity contribution is 0.686. The zero-order valence-electron chi connectivity index (χ0n) is 9.01. The van der Waals surface area contributed by atoms with Crippen LogP contribution in [0.1, 0.15) is 5.56 Å². The summed E-state index contributed by atoms with van der Waals surface area (Å²) in [6, 6.07) is 17.2. The van der Waals surface area contributed by atoms with E-state index in [0.717, 1.165) is 16.1 Å². The average Bonchev–Trinajstić information content (AvgIpc) is 2.33. The smallest absolute Gasteiger partial charge is 0.150 e. The minimum atomic E-state index is -1.19. The molecule has 0 saturated carbocycles. The first-order valence-corrected chi connectivity index (χ1v) is 6.21. The summed E-state index contributed by atoms with van der Waals surface area (Å²) >= 11 is 0. The fourth-order valence-corrected chi connectivity index (χ4v) is 2.34. The number of aryl methyl sites for hydroxylation is 1. The molecule has 0 radical (unpaired) electrons. The van der Waals surface area contributed by atoms with Crippen molar-refractivity contribution < 1.29 is 4.21 Å². The zero-order valence-corrected chi connectivity index (χ0v) is 9.83. The van der Waals surface area contributed by atoms with Gasteiger partial charge in [-0.15, -0.1) is 0 Å². The first-order chi connectivity index (χ1) is 7.77. The fraction of sp³-hybridized carbons (Fsp3) is 0.0769. The van der Waals surface area contributed by atoms with Gasteiger partial charge in [-0.25, -0.2) is 4.21 Å². The average molecular weight is 231 g/mol. The van der Waals surface area contributed by atoms with E-state index >= 15 is 0 Å². The van der Waals surface area contributed by atoms with Crippen molar-refractivity contribution in [3.63, 3.8) is 0 Å². The second-order valence-corrected chi connectivity index (χ2v) is 4.71. The predicted molar refractivity (Wildman–Crippen MR) is 67.7 cm³/mol. The molecule has 0 heterocycles. The Morgan fingerprint density at radius 1 is 0.938 bits per heavy atom. The van der Waals surface area contributed by atoms with Crippen molar-refractivity contribution in [1.29, 1.82) is 0 Å². The molecule has 0 spiro atoms. The Bertz CT molecular complexity index is 496. The van der Waals surface area contributed by atoms with Crippen LogP contribution in [0.5, 0.6) is 0 Å². The third-order valence-electron chi connectivity index (χ3n) is 2.31. The topological polar surface area (TPSA) is 29.1 Å². The quantitative estimate of drug-likeness (QED) is 0.864. The first kappa shape index (κ1) is 10.9. The van der Waals surface area contributed by atoms with Gasteiger partial charge in [0.2, 0.25) is 0 Å². The van der Waals surface area contributed by atoms with Crippen LogP contribution in [-0.4, -0.2) is 4.21 Å². The second-order valence-electron chi connectivity index (χ2n) is 3.50. The molecule has 2 aromatic rings. The third-order valence-corrected chi connectivity index (χ3v) is 3.41. The van der Waals surface area contributed by atoms with Crippen molar-refractivity contribution in [3.05, 3.63) is 60.2 Å². The molecule has 0 aliphatic carbocycles. The van der Waals surface area contributed by atoms with Gasteiger partial charge >= 0.3 is 0 Å². The summed E-state index contributed by atoms with van der Waals surface area (Å²) in [5.74, 6) is 0. The molecule has 3 heteroatoms. The van der Waals surface area contributed by atoms with Crippen LogP contribution in [0.3, 0.4) is 0 Å². The van der Waals surface area contributed by atoms with Gasteiger partial charge in [-0.2, -0.15) is 0 Å².